The van der Waals surface area contributed by atoms with E-state index >= 15 is 0 Å². The molecule has 1 amide bonds. The van der Waals surface area contributed by atoms with E-state index in [1.165, 1.54) is 23.1 Å². The molecule has 1 heterocycles. The van der Waals surface area contributed by atoms with Crippen molar-refractivity contribution in [3.63, 3.8) is 0 Å². The van der Waals surface area contributed by atoms with Crippen LogP contribution in [0.1, 0.15) is 16.6 Å². The van der Waals surface area contributed by atoms with Crippen LogP contribution in [-0.4, -0.2) is 41.2 Å². The average molecular weight is 259 g/mol. The first-order valence-corrected chi connectivity index (χ1v) is 6.59. The smallest absolute Gasteiger partial charge is 0.345 e. The van der Waals surface area contributed by atoms with E-state index in [0.29, 0.717) is 17.2 Å². The monoisotopic (exact) mass is 259 g/mol. The Bertz CT molecular complexity index is 389. The Labute approximate surface area is 102 Å². The summed E-state index contributed by atoms with van der Waals surface area (Å²) in [5.74, 6) is -0.524. The number of nitrogens with zero attached hydrogens (tertiary/aromatic N) is 1. The van der Waals surface area contributed by atoms with Crippen LogP contribution in [0.25, 0.3) is 0 Å². The van der Waals surface area contributed by atoms with Gasteiger partial charge in [-0.25, -0.2) is 4.79 Å². The minimum absolute atomic E-state index is 0.0515. The molecule has 0 fully saturated rings. The largest absolute Gasteiger partial charge is 0.477 e. The van der Waals surface area contributed by atoms with Crippen molar-refractivity contribution in [1.29, 1.82) is 0 Å². The normalized spacial score (nSPS) is 10.1. The summed E-state index contributed by atoms with van der Waals surface area (Å²) >= 11 is 2.54. The molecule has 88 valence electrons. The number of thiophene rings is 1. The van der Waals surface area contributed by atoms with E-state index in [1.807, 2.05) is 6.92 Å². The molecule has 0 aliphatic rings. The van der Waals surface area contributed by atoms with Crippen molar-refractivity contribution in [2.75, 3.05) is 19.3 Å². The van der Waals surface area contributed by atoms with Gasteiger partial charge in [-0.15, -0.1) is 23.1 Å². The van der Waals surface area contributed by atoms with Crippen molar-refractivity contribution in [3.8, 4) is 0 Å². The minimum Gasteiger partial charge on any atom is -0.477 e. The Kier molecular flexibility index (Phi) is 4.82. The SMILES string of the molecule is CCN(C)C(=O)CSc1csc(C(=O)O)c1. The van der Waals surface area contributed by atoms with Gasteiger partial charge in [0.1, 0.15) is 4.88 Å². The number of carboxylic acids is 1. The second kappa shape index (κ2) is 5.91. The maximum Gasteiger partial charge on any atom is 0.345 e. The summed E-state index contributed by atoms with van der Waals surface area (Å²) in [6.45, 7) is 2.60. The number of aromatic carboxylic acids is 1. The fourth-order valence-corrected chi connectivity index (χ4v) is 2.75. The first-order chi connectivity index (χ1) is 7.54. The maximum absolute atomic E-state index is 11.5. The summed E-state index contributed by atoms with van der Waals surface area (Å²) in [7, 11) is 1.75. The summed E-state index contributed by atoms with van der Waals surface area (Å²) in [6.07, 6.45) is 0. The second-order valence-electron chi connectivity index (χ2n) is 3.15. The first kappa shape index (κ1) is 13.1. The summed E-state index contributed by atoms with van der Waals surface area (Å²) in [4.78, 5) is 24.9. The van der Waals surface area contributed by atoms with Gasteiger partial charge in [0.25, 0.3) is 0 Å². The number of thioether (sulfide) groups is 1. The van der Waals surface area contributed by atoms with Gasteiger partial charge in [0.15, 0.2) is 0 Å². The quantitative estimate of drug-likeness (QED) is 0.822. The molecule has 1 N–H and O–H groups in total. The molecule has 0 bridgehead atoms. The van der Waals surface area contributed by atoms with Gasteiger partial charge in [0.05, 0.1) is 5.75 Å². The van der Waals surface area contributed by atoms with Crippen molar-refractivity contribution < 1.29 is 14.7 Å². The molecule has 1 aromatic heterocycles. The predicted molar refractivity (Wildman–Crippen MR) is 65.3 cm³/mol. The van der Waals surface area contributed by atoms with Crippen LogP contribution < -0.4 is 0 Å². The number of hydrogen-bond acceptors (Lipinski definition) is 4. The summed E-state index contributed by atoms with van der Waals surface area (Å²) < 4.78 is 0. The second-order valence-corrected chi connectivity index (χ2v) is 5.11. The zero-order valence-corrected chi connectivity index (χ0v) is 10.7. The molecule has 6 heteroatoms. The molecule has 0 saturated heterocycles. The van der Waals surface area contributed by atoms with E-state index in [9.17, 15) is 9.59 Å². The van der Waals surface area contributed by atoms with Crippen molar-refractivity contribution in [3.05, 3.63) is 16.3 Å². The minimum atomic E-state index is -0.922. The highest BCUT2D eigenvalue weighted by molar-refractivity contribution is 8.00. The molecule has 0 unspecified atom stereocenters. The van der Waals surface area contributed by atoms with Gasteiger partial charge in [0.2, 0.25) is 5.91 Å². The lowest BCUT2D eigenvalue weighted by Gasteiger charge is -2.13. The van der Waals surface area contributed by atoms with Crippen LogP contribution in [0.3, 0.4) is 0 Å². The van der Waals surface area contributed by atoms with E-state index in [1.54, 1.807) is 23.4 Å². The molecule has 0 aromatic carbocycles. The van der Waals surface area contributed by atoms with Crippen molar-refractivity contribution >= 4 is 35.0 Å². The van der Waals surface area contributed by atoms with Gasteiger partial charge < -0.3 is 10.0 Å². The zero-order chi connectivity index (χ0) is 12.1. The van der Waals surface area contributed by atoms with Crippen LogP contribution in [0.4, 0.5) is 0 Å². The van der Waals surface area contributed by atoms with Crippen molar-refractivity contribution in [2.24, 2.45) is 0 Å². The molecule has 0 aliphatic heterocycles. The highest BCUT2D eigenvalue weighted by atomic mass is 32.2. The van der Waals surface area contributed by atoms with Crippen molar-refractivity contribution in [2.45, 2.75) is 11.8 Å². The Hall–Kier alpha value is -1.01. The molecule has 0 saturated carbocycles. The third-order valence-corrected chi connectivity index (χ3v) is 4.08. The van der Waals surface area contributed by atoms with Gasteiger partial charge in [-0.1, -0.05) is 0 Å². The van der Waals surface area contributed by atoms with Gasteiger partial charge in [-0.3, -0.25) is 4.79 Å². The first-order valence-electron chi connectivity index (χ1n) is 4.73. The van der Waals surface area contributed by atoms with Crippen LogP contribution in [0, 0.1) is 0 Å². The topological polar surface area (TPSA) is 57.6 Å². The highest BCUT2D eigenvalue weighted by Crippen LogP contribution is 2.24. The van der Waals surface area contributed by atoms with E-state index in [4.69, 9.17) is 5.11 Å². The van der Waals surface area contributed by atoms with E-state index < -0.39 is 5.97 Å². The van der Waals surface area contributed by atoms with Gasteiger partial charge in [-0.2, -0.15) is 0 Å². The fraction of sp³-hybridized carbons (Fsp3) is 0.400. The van der Waals surface area contributed by atoms with E-state index in [2.05, 4.69) is 0 Å². The number of rotatable bonds is 5. The molecule has 16 heavy (non-hydrogen) atoms. The molecule has 0 aliphatic carbocycles. The maximum atomic E-state index is 11.5. The van der Waals surface area contributed by atoms with Crippen LogP contribution >= 0.6 is 23.1 Å². The molecule has 0 spiro atoms. The molecular formula is C10H13NO3S2. The van der Waals surface area contributed by atoms with Gasteiger partial charge >= 0.3 is 5.97 Å². The van der Waals surface area contributed by atoms with Gasteiger partial charge in [-0.05, 0) is 13.0 Å². The molecule has 1 aromatic rings. The lowest BCUT2D eigenvalue weighted by Crippen LogP contribution is -2.27. The summed E-state index contributed by atoms with van der Waals surface area (Å²) in [6, 6.07) is 1.59. The lowest BCUT2D eigenvalue weighted by molar-refractivity contribution is -0.126. The van der Waals surface area contributed by atoms with Crippen LogP contribution in [0.15, 0.2) is 16.3 Å². The predicted octanol–water partition coefficient (Wildman–Crippen LogP) is 2.02. The third-order valence-electron chi connectivity index (χ3n) is 2.05. The van der Waals surface area contributed by atoms with E-state index in [-0.39, 0.29) is 5.91 Å². The standard InChI is InChI=1S/C10H13NO3S2/c1-3-11(2)9(12)6-15-7-4-8(10(13)14)16-5-7/h4-5H,3,6H2,1-2H3,(H,13,14). The Morgan fingerprint density at radius 3 is 2.75 bits per heavy atom. The number of carboxylic acid groups (broad SMARTS) is 1. The highest BCUT2D eigenvalue weighted by Gasteiger charge is 2.10. The van der Waals surface area contributed by atoms with Crippen LogP contribution in [0.2, 0.25) is 0 Å². The molecular weight excluding hydrogens is 246 g/mol. The van der Waals surface area contributed by atoms with Crippen LogP contribution in [0.5, 0.6) is 0 Å². The zero-order valence-electron chi connectivity index (χ0n) is 9.10. The Morgan fingerprint density at radius 2 is 2.25 bits per heavy atom. The molecule has 4 nitrogen and oxygen atoms in total. The average Bonchev–Trinajstić information content (AvgIpc) is 2.73. The van der Waals surface area contributed by atoms with E-state index in [0.717, 1.165) is 4.90 Å². The summed E-state index contributed by atoms with van der Waals surface area (Å²) in [5.41, 5.74) is 0. The fourth-order valence-electron chi connectivity index (χ4n) is 0.938. The van der Waals surface area contributed by atoms with Crippen LogP contribution in [-0.2, 0) is 4.79 Å². The number of carbonyl (C=O) groups is 2. The summed E-state index contributed by atoms with van der Waals surface area (Å²) in [5, 5.41) is 10.5. The number of carbonyl (C=O) groups excluding carboxylic acids is 1. The third kappa shape index (κ3) is 3.53. The lowest BCUT2D eigenvalue weighted by atomic mass is 10.5. The Morgan fingerprint density at radius 1 is 1.56 bits per heavy atom. The molecule has 0 radical (unpaired) electrons. The molecule has 0 atom stereocenters. The van der Waals surface area contributed by atoms with Crippen molar-refractivity contribution in [1.82, 2.24) is 4.90 Å². The number of amides is 1. The Balaban J connectivity index is 2.48. The molecule has 1 rings (SSSR count). The number of hydrogen-bond donors (Lipinski definition) is 1. The van der Waals surface area contributed by atoms with Gasteiger partial charge in [0, 0.05) is 23.9 Å².